The van der Waals surface area contributed by atoms with Crippen LogP contribution >= 0.6 is 0 Å². The highest BCUT2D eigenvalue weighted by molar-refractivity contribution is 6.10. The molecule has 2 aliphatic rings. The summed E-state index contributed by atoms with van der Waals surface area (Å²) in [7, 11) is 0. The van der Waals surface area contributed by atoms with Crippen molar-refractivity contribution in [1.82, 2.24) is 10.2 Å². The number of nitrogens with zero attached hydrogens (tertiary/aromatic N) is 2. The number of piperidine rings is 1. The largest absolute Gasteiger partial charge is 0.370 e. The Morgan fingerprint density at radius 1 is 0.941 bits per heavy atom. The first-order valence-corrected chi connectivity index (χ1v) is 11.7. The average molecular weight is 457 g/mol. The third-order valence-corrected chi connectivity index (χ3v) is 6.78. The molecule has 2 saturated heterocycles. The number of hydrogen-bond donors (Lipinski definition) is 2. The predicted octanol–water partition coefficient (Wildman–Crippen LogP) is 4.24. The number of nitrogens with one attached hydrogen (secondary N) is 2. The maximum atomic E-state index is 13.3. The number of amides is 4. The highest BCUT2D eigenvalue weighted by atomic mass is 16.2. The summed E-state index contributed by atoms with van der Waals surface area (Å²) >= 11 is 0. The van der Waals surface area contributed by atoms with Crippen LogP contribution < -0.4 is 15.5 Å². The Bertz CT molecular complexity index is 1270. The fraction of sp³-hybridized carbons (Fsp3) is 0.296. The van der Waals surface area contributed by atoms with Crippen molar-refractivity contribution < 1.29 is 14.4 Å². The average Bonchev–Trinajstić information content (AvgIpc) is 3.08. The van der Waals surface area contributed by atoms with Crippen molar-refractivity contribution in [1.29, 1.82) is 0 Å². The van der Waals surface area contributed by atoms with Crippen LogP contribution in [0.4, 0.5) is 16.2 Å². The van der Waals surface area contributed by atoms with E-state index in [1.165, 1.54) is 6.42 Å². The molecule has 2 fully saturated rings. The molecule has 7 nitrogen and oxygen atoms in total. The van der Waals surface area contributed by atoms with Gasteiger partial charge in [0.25, 0.3) is 5.91 Å². The predicted molar refractivity (Wildman–Crippen MR) is 133 cm³/mol. The molecular weight excluding hydrogens is 428 g/mol. The minimum Gasteiger partial charge on any atom is -0.370 e. The van der Waals surface area contributed by atoms with E-state index in [0.29, 0.717) is 11.3 Å². The number of urea groups is 1. The number of fused-ring (bicyclic) bond motifs is 1. The Morgan fingerprint density at radius 2 is 1.65 bits per heavy atom. The summed E-state index contributed by atoms with van der Waals surface area (Å²) in [6, 6.07) is 20.6. The first kappa shape index (κ1) is 21.9. The Labute approximate surface area is 198 Å². The van der Waals surface area contributed by atoms with Crippen LogP contribution in [-0.2, 0) is 15.1 Å². The van der Waals surface area contributed by atoms with Crippen molar-refractivity contribution in [2.75, 3.05) is 29.9 Å². The molecule has 7 heteroatoms. The molecule has 5 rings (SSSR count). The third kappa shape index (κ3) is 3.98. The molecule has 0 saturated carbocycles. The summed E-state index contributed by atoms with van der Waals surface area (Å²) in [5.74, 6) is -0.844. The highest BCUT2D eigenvalue weighted by Gasteiger charge is 2.49. The van der Waals surface area contributed by atoms with E-state index in [1.54, 1.807) is 6.92 Å². The summed E-state index contributed by atoms with van der Waals surface area (Å²) in [4.78, 5) is 42.3. The van der Waals surface area contributed by atoms with Gasteiger partial charge >= 0.3 is 6.03 Å². The van der Waals surface area contributed by atoms with Gasteiger partial charge in [-0.25, -0.2) is 4.79 Å². The van der Waals surface area contributed by atoms with Gasteiger partial charge in [-0.05, 0) is 60.7 Å². The van der Waals surface area contributed by atoms with Gasteiger partial charge in [-0.2, -0.15) is 0 Å². The number of rotatable bonds is 5. The summed E-state index contributed by atoms with van der Waals surface area (Å²) < 4.78 is 0. The molecule has 3 aromatic carbocycles. The van der Waals surface area contributed by atoms with E-state index in [4.69, 9.17) is 0 Å². The molecule has 4 amide bonds. The number of benzene rings is 3. The molecule has 0 aliphatic carbocycles. The van der Waals surface area contributed by atoms with Gasteiger partial charge in [0.1, 0.15) is 12.1 Å². The van der Waals surface area contributed by atoms with Crippen LogP contribution in [0, 0.1) is 0 Å². The normalized spacial score (nSPS) is 20.5. The first-order valence-electron chi connectivity index (χ1n) is 11.7. The smallest absolute Gasteiger partial charge is 0.325 e. The van der Waals surface area contributed by atoms with Crippen LogP contribution in [-0.4, -0.2) is 42.4 Å². The maximum absolute atomic E-state index is 13.3. The number of hydrogen-bond acceptors (Lipinski definition) is 4. The molecule has 0 unspecified atom stereocenters. The van der Waals surface area contributed by atoms with Crippen molar-refractivity contribution >= 4 is 40.0 Å². The lowest BCUT2D eigenvalue weighted by atomic mass is 9.90. The van der Waals surface area contributed by atoms with Crippen molar-refractivity contribution in [3.63, 3.8) is 0 Å². The number of imide groups is 1. The Kier molecular flexibility index (Phi) is 5.69. The van der Waals surface area contributed by atoms with Crippen molar-refractivity contribution in [3.05, 3.63) is 72.3 Å². The van der Waals surface area contributed by atoms with E-state index < -0.39 is 23.4 Å². The Balaban J connectivity index is 1.33. The summed E-state index contributed by atoms with van der Waals surface area (Å²) in [5.41, 5.74) is 1.11. The topological polar surface area (TPSA) is 81.8 Å². The molecule has 0 spiro atoms. The van der Waals surface area contributed by atoms with E-state index >= 15 is 0 Å². The quantitative estimate of drug-likeness (QED) is 0.563. The molecule has 34 heavy (non-hydrogen) atoms. The van der Waals surface area contributed by atoms with Crippen molar-refractivity contribution in [2.45, 2.75) is 31.7 Å². The number of carbonyl (C=O) groups excluding carboxylic acids is 3. The summed E-state index contributed by atoms with van der Waals surface area (Å²) in [5, 5.41) is 7.74. The Hall–Kier alpha value is -3.87. The summed E-state index contributed by atoms with van der Waals surface area (Å²) in [6.45, 7) is 3.23. The zero-order valence-corrected chi connectivity index (χ0v) is 19.2. The van der Waals surface area contributed by atoms with Crippen LogP contribution in [0.2, 0.25) is 0 Å². The van der Waals surface area contributed by atoms with Gasteiger partial charge < -0.3 is 15.5 Å². The third-order valence-electron chi connectivity index (χ3n) is 6.78. The van der Waals surface area contributed by atoms with E-state index in [1.807, 2.05) is 66.7 Å². The van der Waals surface area contributed by atoms with Crippen LogP contribution in [0.25, 0.3) is 10.8 Å². The van der Waals surface area contributed by atoms with Crippen LogP contribution in [0.1, 0.15) is 31.7 Å². The Morgan fingerprint density at radius 3 is 2.44 bits per heavy atom. The van der Waals surface area contributed by atoms with Gasteiger partial charge in [-0.15, -0.1) is 0 Å². The van der Waals surface area contributed by atoms with E-state index in [9.17, 15) is 14.4 Å². The molecule has 2 aliphatic heterocycles. The fourth-order valence-electron chi connectivity index (χ4n) is 4.86. The van der Waals surface area contributed by atoms with E-state index in [-0.39, 0.29) is 6.54 Å². The number of anilines is 2. The monoisotopic (exact) mass is 456 g/mol. The molecule has 0 radical (unpaired) electrons. The van der Waals surface area contributed by atoms with E-state index in [0.717, 1.165) is 47.3 Å². The second-order valence-electron chi connectivity index (χ2n) is 9.12. The van der Waals surface area contributed by atoms with Gasteiger partial charge in [0.2, 0.25) is 5.91 Å². The molecule has 3 aromatic rings. The fourth-order valence-corrected chi connectivity index (χ4v) is 4.86. The molecule has 0 bridgehead atoms. The van der Waals surface area contributed by atoms with Gasteiger partial charge in [-0.1, -0.05) is 48.5 Å². The lowest BCUT2D eigenvalue weighted by molar-refractivity contribution is -0.133. The second-order valence-corrected chi connectivity index (χ2v) is 9.12. The lowest BCUT2D eigenvalue weighted by Crippen LogP contribution is -2.42. The zero-order chi connectivity index (χ0) is 23.7. The van der Waals surface area contributed by atoms with Crippen LogP contribution in [0.15, 0.2) is 66.7 Å². The van der Waals surface area contributed by atoms with Crippen LogP contribution in [0.3, 0.4) is 0 Å². The molecule has 2 heterocycles. The number of para-hydroxylation sites is 2. The molecule has 0 aromatic heterocycles. The van der Waals surface area contributed by atoms with Crippen LogP contribution in [0.5, 0.6) is 0 Å². The zero-order valence-electron chi connectivity index (χ0n) is 19.2. The standard InChI is InChI=1S/C27H28N4O3/c1-27(21-14-13-19-9-3-4-10-20(19)17-21)25(33)31(26(34)29-27)18-24(32)28-22-11-5-6-12-23(22)30-15-7-2-8-16-30/h3-6,9-14,17H,2,7-8,15-16,18H2,1H3,(H,28,32)(H,29,34)/t27-/m1/s1. The van der Waals surface area contributed by atoms with Gasteiger partial charge in [0.05, 0.1) is 11.4 Å². The minimum absolute atomic E-state index is 0.345. The molecule has 174 valence electrons. The highest BCUT2D eigenvalue weighted by Crippen LogP contribution is 2.32. The molecule has 2 N–H and O–H groups in total. The van der Waals surface area contributed by atoms with E-state index in [2.05, 4.69) is 15.5 Å². The van der Waals surface area contributed by atoms with Gasteiger partial charge in [0.15, 0.2) is 0 Å². The maximum Gasteiger partial charge on any atom is 0.325 e. The number of carbonyl (C=O) groups is 3. The second kappa shape index (κ2) is 8.82. The lowest BCUT2D eigenvalue weighted by Gasteiger charge is -2.30. The summed E-state index contributed by atoms with van der Waals surface area (Å²) in [6.07, 6.45) is 3.46. The first-order chi connectivity index (χ1) is 16.5. The minimum atomic E-state index is -1.23. The SMILES string of the molecule is C[C@]1(c2ccc3ccccc3c2)NC(=O)N(CC(=O)Nc2ccccc2N2CCCCC2)C1=O. The van der Waals surface area contributed by atoms with Gasteiger partial charge in [-0.3, -0.25) is 14.5 Å². The van der Waals surface area contributed by atoms with Gasteiger partial charge in [0, 0.05) is 13.1 Å². The molecule has 1 atom stereocenters. The molecular formula is C27H28N4O3. The van der Waals surface area contributed by atoms with Crippen molar-refractivity contribution in [3.8, 4) is 0 Å². The van der Waals surface area contributed by atoms with Crippen molar-refractivity contribution in [2.24, 2.45) is 0 Å².